The highest BCUT2D eigenvalue weighted by Crippen LogP contribution is 2.31. The Kier molecular flexibility index (Phi) is 6.16. The molecule has 1 rings (SSSR count). The Morgan fingerprint density at radius 3 is 2.24 bits per heavy atom. The molecule has 0 spiro atoms. The molecule has 21 heavy (non-hydrogen) atoms. The maximum absolute atomic E-state index is 10.7. The standard InChI is InChI=1S/C11H20O10/c12-1-4(14)9(19)11(20,6(16)2-13)10-8(18)7(17)5(15)3-21-10/h2,4-10,12,14-20H,1,3H2/t4-,5-,6+,7+,8-,9+,10?,11-/m1/s1. The zero-order chi connectivity index (χ0) is 16.4. The first-order valence-corrected chi connectivity index (χ1v) is 6.20. The van der Waals surface area contributed by atoms with Gasteiger partial charge in [-0.2, -0.15) is 0 Å². The maximum atomic E-state index is 10.7. The van der Waals surface area contributed by atoms with E-state index in [0.29, 0.717) is 0 Å². The molecule has 0 amide bonds. The van der Waals surface area contributed by atoms with Gasteiger partial charge in [-0.25, -0.2) is 0 Å². The van der Waals surface area contributed by atoms with Gasteiger partial charge in [-0.05, 0) is 0 Å². The third kappa shape index (κ3) is 3.23. The van der Waals surface area contributed by atoms with Crippen molar-refractivity contribution in [1.82, 2.24) is 0 Å². The minimum atomic E-state index is -2.91. The summed E-state index contributed by atoms with van der Waals surface area (Å²) in [7, 11) is 0. The van der Waals surface area contributed by atoms with Crippen molar-refractivity contribution in [2.45, 2.75) is 48.3 Å². The van der Waals surface area contributed by atoms with Crippen LogP contribution in [0.5, 0.6) is 0 Å². The van der Waals surface area contributed by atoms with Crippen molar-refractivity contribution in [3.05, 3.63) is 0 Å². The summed E-state index contributed by atoms with van der Waals surface area (Å²) in [6, 6.07) is 0. The molecule has 1 heterocycles. The number of aldehydes is 1. The van der Waals surface area contributed by atoms with Gasteiger partial charge in [0.25, 0.3) is 0 Å². The highest BCUT2D eigenvalue weighted by molar-refractivity contribution is 5.58. The van der Waals surface area contributed by atoms with E-state index in [-0.39, 0.29) is 6.29 Å². The van der Waals surface area contributed by atoms with E-state index in [1.54, 1.807) is 0 Å². The number of ether oxygens (including phenoxy) is 1. The maximum Gasteiger partial charge on any atom is 0.154 e. The van der Waals surface area contributed by atoms with Crippen molar-refractivity contribution in [1.29, 1.82) is 0 Å². The monoisotopic (exact) mass is 312 g/mol. The van der Waals surface area contributed by atoms with Crippen LogP contribution in [0.3, 0.4) is 0 Å². The molecule has 0 bridgehead atoms. The molecular formula is C11H20O10. The molecule has 0 aromatic carbocycles. The molecule has 1 aliphatic rings. The zero-order valence-electron chi connectivity index (χ0n) is 10.9. The van der Waals surface area contributed by atoms with E-state index in [2.05, 4.69) is 0 Å². The molecular weight excluding hydrogens is 292 g/mol. The van der Waals surface area contributed by atoms with Crippen molar-refractivity contribution in [3.63, 3.8) is 0 Å². The Bertz CT molecular complexity index is 352. The van der Waals surface area contributed by atoms with E-state index in [9.17, 15) is 40.5 Å². The van der Waals surface area contributed by atoms with Crippen LogP contribution in [0.25, 0.3) is 0 Å². The van der Waals surface area contributed by atoms with Gasteiger partial charge in [0.1, 0.15) is 42.7 Å². The smallest absolute Gasteiger partial charge is 0.154 e. The largest absolute Gasteiger partial charge is 0.394 e. The highest BCUT2D eigenvalue weighted by Gasteiger charge is 2.58. The Labute approximate surface area is 119 Å². The van der Waals surface area contributed by atoms with E-state index in [1.807, 2.05) is 0 Å². The lowest BCUT2D eigenvalue weighted by molar-refractivity contribution is -0.284. The van der Waals surface area contributed by atoms with Gasteiger partial charge in [-0.1, -0.05) is 0 Å². The van der Waals surface area contributed by atoms with Crippen molar-refractivity contribution in [2.24, 2.45) is 0 Å². The van der Waals surface area contributed by atoms with E-state index in [4.69, 9.17) is 9.84 Å². The first-order valence-electron chi connectivity index (χ1n) is 6.20. The van der Waals surface area contributed by atoms with Gasteiger partial charge in [0.2, 0.25) is 0 Å². The molecule has 8 atom stereocenters. The third-order valence-corrected chi connectivity index (χ3v) is 3.58. The fraction of sp³-hybridized carbons (Fsp3) is 0.909. The minimum Gasteiger partial charge on any atom is -0.394 e. The predicted octanol–water partition coefficient (Wildman–Crippen LogP) is -5.53. The molecule has 124 valence electrons. The molecule has 0 aliphatic carbocycles. The molecule has 10 heteroatoms. The topological polar surface area (TPSA) is 188 Å². The first kappa shape index (κ1) is 18.4. The fourth-order valence-corrected chi connectivity index (χ4v) is 2.24. The molecule has 1 unspecified atom stereocenters. The Hall–Kier alpha value is -0.690. The average Bonchev–Trinajstić information content (AvgIpc) is 2.49. The molecule has 0 radical (unpaired) electrons. The van der Waals surface area contributed by atoms with Crippen LogP contribution in [-0.2, 0) is 9.53 Å². The van der Waals surface area contributed by atoms with Crippen LogP contribution in [0.4, 0.5) is 0 Å². The van der Waals surface area contributed by atoms with Crippen LogP contribution in [0, 0.1) is 0 Å². The number of aliphatic hydroxyl groups is 8. The molecule has 0 saturated carbocycles. The summed E-state index contributed by atoms with van der Waals surface area (Å²) in [6.07, 6.45) is -13.8. The van der Waals surface area contributed by atoms with E-state index in [1.165, 1.54) is 0 Å². The number of aliphatic hydroxyl groups excluding tert-OH is 7. The predicted molar refractivity (Wildman–Crippen MR) is 63.9 cm³/mol. The summed E-state index contributed by atoms with van der Waals surface area (Å²) in [5.41, 5.74) is -2.91. The van der Waals surface area contributed by atoms with Gasteiger partial charge in [-0.3, -0.25) is 0 Å². The minimum absolute atomic E-state index is 0.166. The van der Waals surface area contributed by atoms with E-state index < -0.39 is 61.5 Å². The number of carbonyl (C=O) groups excluding carboxylic acids is 1. The first-order chi connectivity index (χ1) is 9.71. The van der Waals surface area contributed by atoms with Crippen LogP contribution >= 0.6 is 0 Å². The van der Waals surface area contributed by atoms with E-state index >= 15 is 0 Å². The zero-order valence-corrected chi connectivity index (χ0v) is 10.9. The Balaban J connectivity index is 3.15. The summed E-state index contributed by atoms with van der Waals surface area (Å²) < 4.78 is 4.90. The molecule has 0 aromatic heterocycles. The lowest BCUT2D eigenvalue weighted by Gasteiger charge is -2.47. The van der Waals surface area contributed by atoms with Gasteiger partial charge in [0, 0.05) is 0 Å². The van der Waals surface area contributed by atoms with Crippen LogP contribution in [0.2, 0.25) is 0 Å². The number of carbonyl (C=O) groups is 1. The normalized spacial score (nSPS) is 37.3. The molecule has 10 nitrogen and oxygen atoms in total. The average molecular weight is 312 g/mol. The highest BCUT2D eigenvalue weighted by atomic mass is 16.5. The second-order valence-electron chi connectivity index (χ2n) is 4.97. The quantitative estimate of drug-likeness (QED) is 0.220. The molecule has 0 aromatic rings. The van der Waals surface area contributed by atoms with Gasteiger partial charge >= 0.3 is 0 Å². The second-order valence-corrected chi connectivity index (χ2v) is 4.97. The second kappa shape index (κ2) is 7.05. The third-order valence-electron chi connectivity index (χ3n) is 3.58. The van der Waals surface area contributed by atoms with Gasteiger partial charge < -0.3 is 50.4 Å². The Morgan fingerprint density at radius 2 is 1.76 bits per heavy atom. The van der Waals surface area contributed by atoms with Crippen LogP contribution in [0.15, 0.2) is 0 Å². The van der Waals surface area contributed by atoms with Crippen molar-refractivity contribution in [3.8, 4) is 0 Å². The van der Waals surface area contributed by atoms with E-state index in [0.717, 1.165) is 0 Å². The van der Waals surface area contributed by atoms with Crippen molar-refractivity contribution >= 4 is 6.29 Å². The molecule has 1 fully saturated rings. The summed E-state index contributed by atoms with van der Waals surface area (Å²) in [5.74, 6) is 0. The Morgan fingerprint density at radius 1 is 1.19 bits per heavy atom. The lowest BCUT2D eigenvalue weighted by atomic mass is 9.77. The van der Waals surface area contributed by atoms with Crippen LogP contribution in [-0.4, -0.2) is 109 Å². The lowest BCUT2D eigenvalue weighted by Crippen LogP contribution is -2.71. The van der Waals surface area contributed by atoms with Gasteiger partial charge in [0.05, 0.1) is 13.2 Å². The molecule has 8 N–H and O–H groups in total. The van der Waals surface area contributed by atoms with Crippen molar-refractivity contribution < 1.29 is 50.4 Å². The van der Waals surface area contributed by atoms with Crippen LogP contribution < -0.4 is 0 Å². The SMILES string of the molecule is O=C[C@H](O)[C@](O)(C1OC[C@@H](O)[C@H](O)[C@H]1O)[C@@H](O)[C@H](O)CO. The fourth-order valence-electron chi connectivity index (χ4n) is 2.24. The summed E-state index contributed by atoms with van der Waals surface area (Å²) in [4.78, 5) is 10.7. The van der Waals surface area contributed by atoms with Gasteiger partial charge in [0.15, 0.2) is 11.9 Å². The summed E-state index contributed by atoms with van der Waals surface area (Å²) >= 11 is 0. The number of rotatable bonds is 6. The van der Waals surface area contributed by atoms with Crippen LogP contribution in [0.1, 0.15) is 0 Å². The molecule has 1 aliphatic heterocycles. The van der Waals surface area contributed by atoms with Gasteiger partial charge in [-0.15, -0.1) is 0 Å². The number of hydrogen-bond acceptors (Lipinski definition) is 10. The molecule has 1 saturated heterocycles. The summed E-state index contributed by atoms with van der Waals surface area (Å²) in [5, 5.41) is 76.7. The number of hydrogen-bond donors (Lipinski definition) is 8. The van der Waals surface area contributed by atoms with Crippen molar-refractivity contribution in [2.75, 3.05) is 13.2 Å². The summed E-state index contributed by atoms with van der Waals surface area (Å²) in [6.45, 7) is -1.57.